The number of nitrogens with one attached hydrogen (secondary N) is 1. The van der Waals surface area contributed by atoms with Gasteiger partial charge in [-0.05, 0) is 5.56 Å². The first-order valence-corrected chi connectivity index (χ1v) is 5.64. The van der Waals surface area contributed by atoms with Crippen molar-refractivity contribution in [3.05, 3.63) is 47.0 Å². The molecule has 84 valence electrons. The molecule has 0 spiro atoms. The van der Waals surface area contributed by atoms with E-state index in [9.17, 15) is 8.78 Å². The standard InChI is InChI=1S/C11H10F2N2S/c12-10(13)9-3-1-8(2-4-9)7-15-11-14-5-6-16-11/h1-6,10H,7H2,(H,14,15). The minimum atomic E-state index is -2.40. The van der Waals surface area contributed by atoms with Gasteiger partial charge in [-0.25, -0.2) is 13.8 Å². The molecular weight excluding hydrogens is 230 g/mol. The van der Waals surface area contributed by atoms with Crippen molar-refractivity contribution in [3.8, 4) is 0 Å². The molecule has 0 saturated carbocycles. The van der Waals surface area contributed by atoms with Gasteiger partial charge in [0.15, 0.2) is 5.13 Å². The molecule has 0 atom stereocenters. The number of alkyl halides is 2. The van der Waals surface area contributed by atoms with Crippen molar-refractivity contribution in [3.63, 3.8) is 0 Å². The summed E-state index contributed by atoms with van der Waals surface area (Å²) in [4.78, 5) is 4.06. The van der Waals surface area contributed by atoms with Crippen molar-refractivity contribution in [2.24, 2.45) is 0 Å². The number of thiazole rings is 1. The number of benzene rings is 1. The van der Waals surface area contributed by atoms with Crippen molar-refractivity contribution in [2.75, 3.05) is 5.32 Å². The summed E-state index contributed by atoms with van der Waals surface area (Å²) in [5.74, 6) is 0. The van der Waals surface area contributed by atoms with E-state index >= 15 is 0 Å². The summed E-state index contributed by atoms with van der Waals surface area (Å²) in [6, 6.07) is 6.29. The Labute approximate surface area is 96.0 Å². The topological polar surface area (TPSA) is 24.9 Å². The van der Waals surface area contributed by atoms with Crippen LogP contribution in [0.2, 0.25) is 0 Å². The molecule has 0 aliphatic heterocycles. The molecule has 0 unspecified atom stereocenters. The van der Waals surface area contributed by atoms with Gasteiger partial charge in [-0.3, -0.25) is 0 Å². The maximum Gasteiger partial charge on any atom is 0.263 e. The maximum atomic E-state index is 12.3. The van der Waals surface area contributed by atoms with Gasteiger partial charge < -0.3 is 5.32 Å². The molecule has 0 fully saturated rings. The Morgan fingerprint density at radius 2 is 2.00 bits per heavy atom. The van der Waals surface area contributed by atoms with Crippen molar-refractivity contribution < 1.29 is 8.78 Å². The highest BCUT2D eigenvalue weighted by Gasteiger charge is 2.05. The van der Waals surface area contributed by atoms with Crippen LogP contribution in [0.25, 0.3) is 0 Å². The molecule has 1 aromatic carbocycles. The average Bonchev–Trinajstić information content (AvgIpc) is 2.80. The molecule has 16 heavy (non-hydrogen) atoms. The predicted octanol–water partition coefficient (Wildman–Crippen LogP) is 3.69. The van der Waals surface area contributed by atoms with E-state index in [2.05, 4.69) is 10.3 Å². The van der Waals surface area contributed by atoms with Crippen molar-refractivity contribution >= 4 is 16.5 Å². The second kappa shape index (κ2) is 5.03. The minimum Gasteiger partial charge on any atom is -0.357 e. The normalized spacial score (nSPS) is 10.7. The molecule has 0 saturated heterocycles. The number of hydrogen-bond donors (Lipinski definition) is 1. The SMILES string of the molecule is FC(F)c1ccc(CNc2nccs2)cc1. The average molecular weight is 240 g/mol. The van der Waals surface area contributed by atoms with Crippen molar-refractivity contribution in [1.82, 2.24) is 4.98 Å². The second-order valence-corrected chi connectivity index (χ2v) is 4.13. The van der Waals surface area contributed by atoms with Crippen LogP contribution in [0, 0.1) is 0 Å². The summed E-state index contributed by atoms with van der Waals surface area (Å²) in [5, 5.41) is 5.82. The lowest BCUT2D eigenvalue weighted by atomic mass is 10.1. The Kier molecular flexibility index (Phi) is 3.46. The molecule has 1 aromatic heterocycles. The fourth-order valence-corrected chi connectivity index (χ4v) is 1.80. The fraction of sp³-hybridized carbons (Fsp3) is 0.182. The molecule has 0 bridgehead atoms. The molecule has 0 aliphatic carbocycles. The summed E-state index contributed by atoms with van der Waals surface area (Å²) < 4.78 is 24.6. The molecule has 0 aliphatic rings. The summed E-state index contributed by atoms with van der Waals surface area (Å²) in [7, 11) is 0. The summed E-state index contributed by atoms with van der Waals surface area (Å²) >= 11 is 1.51. The molecule has 0 radical (unpaired) electrons. The van der Waals surface area contributed by atoms with Crippen LogP contribution in [-0.4, -0.2) is 4.98 Å². The number of halogens is 2. The van der Waals surface area contributed by atoms with Gasteiger partial charge in [0.05, 0.1) is 0 Å². The predicted molar refractivity (Wildman–Crippen MR) is 60.8 cm³/mol. The molecule has 0 amide bonds. The zero-order chi connectivity index (χ0) is 11.4. The molecule has 5 heteroatoms. The van der Waals surface area contributed by atoms with Gasteiger partial charge in [-0.1, -0.05) is 24.3 Å². The fourth-order valence-electron chi connectivity index (χ4n) is 1.27. The third kappa shape index (κ3) is 2.76. The molecule has 2 aromatic rings. The van der Waals surface area contributed by atoms with E-state index < -0.39 is 6.43 Å². The first kappa shape index (κ1) is 11.0. The zero-order valence-electron chi connectivity index (χ0n) is 8.36. The summed E-state index contributed by atoms with van der Waals surface area (Å²) in [5.41, 5.74) is 1.01. The Bertz CT molecular complexity index is 426. The van der Waals surface area contributed by atoms with Crippen molar-refractivity contribution in [2.45, 2.75) is 13.0 Å². The molecule has 2 nitrogen and oxygen atoms in total. The maximum absolute atomic E-state index is 12.3. The lowest BCUT2D eigenvalue weighted by molar-refractivity contribution is 0.151. The van der Waals surface area contributed by atoms with Gasteiger partial charge in [-0.2, -0.15) is 0 Å². The third-order valence-electron chi connectivity index (χ3n) is 2.11. The molecular formula is C11H10F2N2S. The highest BCUT2D eigenvalue weighted by Crippen LogP contribution is 2.19. The number of hydrogen-bond acceptors (Lipinski definition) is 3. The van der Waals surface area contributed by atoms with Gasteiger partial charge >= 0.3 is 0 Å². The van der Waals surface area contributed by atoms with E-state index in [1.807, 2.05) is 5.38 Å². The Morgan fingerprint density at radius 3 is 2.56 bits per heavy atom. The van der Waals surface area contributed by atoms with Crippen LogP contribution in [0.5, 0.6) is 0 Å². The van der Waals surface area contributed by atoms with Gasteiger partial charge in [-0.15, -0.1) is 11.3 Å². The monoisotopic (exact) mass is 240 g/mol. The van der Waals surface area contributed by atoms with Gasteiger partial charge in [0.1, 0.15) is 0 Å². The van der Waals surface area contributed by atoms with E-state index in [0.717, 1.165) is 10.7 Å². The molecule has 1 N–H and O–H groups in total. The number of aromatic nitrogens is 1. The summed E-state index contributed by atoms with van der Waals surface area (Å²) in [6.45, 7) is 0.594. The van der Waals surface area contributed by atoms with Crippen LogP contribution >= 0.6 is 11.3 Å². The van der Waals surface area contributed by atoms with E-state index in [4.69, 9.17) is 0 Å². The third-order valence-corrected chi connectivity index (χ3v) is 2.84. The minimum absolute atomic E-state index is 0.0537. The first-order valence-electron chi connectivity index (χ1n) is 4.76. The van der Waals surface area contributed by atoms with Crippen LogP contribution in [-0.2, 0) is 6.54 Å². The first-order chi connectivity index (χ1) is 7.75. The van der Waals surface area contributed by atoms with E-state index in [0.29, 0.717) is 6.54 Å². The summed E-state index contributed by atoms with van der Waals surface area (Å²) in [6.07, 6.45) is -0.687. The van der Waals surface area contributed by atoms with E-state index in [1.165, 1.54) is 23.5 Å². The number of nitrogens with zero attached hydrogens (tertiary/aromatic N) is 1. The Morgan fingerprint density at radius 1 is 1.25 bits per heavy atom. The molecule has 2 rings (SSSR count). The highest BCUT2D eigenvalue weighted by atomic mass is 32.1. The quantitative estimate of drug-likeness (QED) is 0.881. The van der Waals surface area contributed by atoms with E-state index in [1.54, 1.807) is 18.3 Å². The number of rotatable bonds is 4. The largest absolute Gasteiger partial charge is 0.357 e. The van der Waals surface area contributed by atoms with Crippen LogP contribution in [0.1, 0.15) is 17.6 Å². The molecule has 1 heterocycles. The van der Waals surface area contributed by atoms with Crippen molar-refractivity contribution in [1.29, 1.82) is 0 Å². The van der Waals surface area contributed by atoms with Crippen LogP contribution in [0.3, 0.4) is 0 Å². The smallest absolute Gasteiger partial charge is 0.263 e. The number of anilines is 1. The van der Waals surface area contributed by atoms with Gasteiger partial charge in [0.2, 0.25) is 0 Å². The lowest BCUT2D eigenvalue weighted by Crippen LogP contribution is -1.98. The highest BCUT2D eigenvalue weighted by molar-refractivity contribution is 7.13. The van der Waals surface area contributed by atoms with E-state index in [-0.39, 0.29) is 5.56 Å². The lowest BCUT2D eigenvalue weighted by Gasteiger charge is -2.04. The van der Waals surface area contributed by atoms with Gasteiger partial charge in [0, 0.05) is 23.7 Å². The van der Waals surface area contributed by atoms with Crippen LogP contribution in [0.4, 0.5) is 13.9 Å². The Balaban J connectivity index is 1.95. The van der Waals surface area contributed by atoms with Gasteiger partial charge in [0.25, 0.3) is 6.43 Å². The second-order valence-electron chi connectivity index (χ2n) is 3.23. The zero-order valence-corrected chi connectivity index (χ0v) is 9.18. The Hall–Kier alpha value is -1.49. The van der Waals surface area contributed by atoms with Crippen LogP contribution in [0.15, 0.2) is 35.8 Å². The van der Waals surface area contributed by atoms with Crippen LogP contribution < -0.4 is 5.32 Å².